The van der Waals surface area contributed by atoms with E-state index in [9.17, 15) is 9.59 Å². The second-order valence-corrected chi connectivity index (χ2v) is 7.25. The number of carbonyl (C=O) groups excluding carboxylic acids is 2. The number of rotatable bonds is 9. The Morgan fingerprint density at radius 3 is 2.63 bits per heavy atom. The van der Waals surface area contributed by atoms with Crippen molar-refractivity contribution in [3.63, 3.8) is 0 Å². The number of ketones is 1. The molecule has 0 unspecified atom stereocenters. The molecule has 0 amide bonds. The predicted molar refractivity (Wildman–Crippen MR) is 114 cm³/mol. The number of hydrogen-bond acceptors (Lipinski definition) is 5. The van der Waals surface area contributed by atoms with Crippen LogP contribution in [0.2, 0.25) is 0 Å². The van der Waals surface area contributed by atoms with E-state index >= 15 is 0 Å². The number of hydrogen-bond donors (Lipinski definition) is 0. The van der Waals surface area contributed by atoms with Crippen LogP contribution in [0.1, 0.15) is 39.6 Å². The van der Waals surface area contributed by atoms with E-state index < -0.39 is 5.97 Å². The molecule has 0 saturated carbocycles. The molecular weight excluding hydrogens is 380 g/mol. The Labute approximate surface area is 176 Å². The molecule has 3 aromatic rings. The molecule has 0 aliphatic heterocycles. The normalized spacial score (nSPS) is 10.8. The molecule has 0 fully saturated rings. The molecule has 6 nitrogen and oxygen atoms in total. The van der Waals surface area contributed by atoms with Crippen LogP contribution in [0.25, 0.3) is 11.3 Å². The van der Waals surface area contributed by atoms with Crippen molar-refractivity contribution in [2.45, 2.75) is 40.2 Å². The summed E-state index contributed by atoms with van der Waals surface area (Å²) in [7, 11) is 0. The maximum atomic E-state index is 12.5. The zero-order chi connectivity index (χ0) is 21.7. The van der Waals surface area contributed by atoms with Crippen LogP contribution in [0.3, 0.4) is 0 Å². The van der Waals surface area contributed by atoms with Crippen LogP contribution in [-0.4, -0.2) is 27.9 Å². The van der Waals surface area contributed by atoms with Crippen molar-refractivity contribution in [1.29, 1.82) is 0 Å². The molecule has 0 spiro atoms. The van der Waals surface area contributed by atoms with E-state index in [1.165, 1.54) is 5.56 Å². The second kappa shape index (κ2) is 9.39. The summed E-state index contributed by atoms with van der Waals surface area (Å²) in [6.45, 7) is 9.91. The number of aryl methyl sites for hydroxylation is 3. The first kappa shape index (κ1) is 21.3. The van der Waals surface area contributed by atoms with Crippen molar-refractivity contribution in [2.75, 3.05) is 6.61 Å². The van der Waals surface area contributed by atoms with Crippen LogP contribution < -0.4 is 0 Å². The van der Waals surface area contributed by atoms with E-state index in [1.54, 1.807) is 12.3 Å². The third-order valence-electron chi connectivity index (χ3n) is 4.98. The Bertz CT molecular complexity index is 1060. The molecule has 0 aliphatic carbocycles. The minimum atomic E-state index is -0.460. The molecule has 3 rings (SSSR count). The van der Waals surface area contributed by atoms with Gasteiger partial charge < -0.3 is 13.7 Å². The molecule has 0 saturated heterocycles. The molecule has 2 aromatic heterocycles. The lowest BCUT2D eigenvalue weighted by molar-refractivity contribution is -0.142. The summed E-state index contributed by atoms with van der Waals surface area (Å²) >= 11 is 0. The molecule has 0 bridgehead atoms. The highest BCUT2D eigenvalue weighted by Crippen LogP contribution is 2.21. The lowest BCUT2D eigenvalue weighted by Gasteiger charge is -2.06. The summed E-state index contributed by atoms with van der Waals surface area (Å²) in [6, 6.07) is 9.74. The second-order valence-electron chi connectivity index (χ2n) is 7.25. The highest BCUT2D eigenvalue weighted by molar-refractivity contribution is 5.99. The van der Waals surface area contributed by atoms with E-state index in [0.29, 0.717) is 30.2 Å². The van der Waals surface area contributed by atoms with Crippen LogP contribution in [0.15, 0.2) is 53.6 Å². The van der Waals surface area contributed by atoms with Gasteiger partial charge in [-0.25, -0.2) is 4.98 Å². The van der Waals surface area contributed by atoms with Crippen LogP contribution in [0, 0.1) is 20.8 Å². The van der Waals surface area contributed by atoms with Gasteiger partial charge in [-0.15, -0.1) is 6.58 Å². The van der Waals surface area contributed by atoms with Crippen molar-refractivity contribution in [3.05, 3.63) is 77.6 Å². The molecule has 0 radical (unpaired) electrons. The number of nitrogens with zero attached hydrogens (tertiary/aromatic N) is 2. The molecular formula is C24H26N2O4. The van der Waals surface area contributed by atoms with Gasteiger partial charge in [0.15, 0.2) is 18.3 Å². The summed E-state index contributed by atoms with van der Waals surface area (Å²) < 4.78 is 12.9. The molecule has 30 heavy (non-hydrogen) atoms. The first-order valence-corrected chi connectivity index (χ1v) is 9.87. The van der Waals surface area contributed by atoms with Crippen LogP contribution in [0.4, 0.5) is 0 Å². The summed E-state index contributed by atoms with van der Waals surface area (Å²) in [4.78, 5) is 28.7. The van der Waals surface area contributed by atoms with Crippen LogP contribution in [0.5, 0.6) is 0 Å². The number of esters is 1. The maximum absolute atomic E-state index is 12.5. The van der Waals surface area contributed by atoms with Gasteiger partial charge in [-0.1, -0.05) is 35.9 Å². The molecule has 1 aromatic carbocycles. The first-order valence-electron chi connectivity index (χ1n) is 9.87. The van der Waals surface area contributed by atoms with Crippen LogP contribution >= 0.6 is 0 Å². The topological polar surface area (TPSA) is 74.3 Å². The van der Waals surface area contributed by atoms with E-state index in [2.05, 4.69) is 11.6 Å². The Kier molecular flexibility index (Phi) is 6.67. The van der Waals surface area contributed by atoms with Gasteiger partial charge in [-0.2, -0.15) is 0 Å². The van der Waals surface area contributed by atoms with Crippen LogP contribution in [-0.2, 0) is 22.5 Å². The Balaban J connectivity index is 1.51. The third kappa shape index (κ3) is 4.95. The largest absolute Gasteiger partial charge is 0.457 e. The summed E-state index contributed by atoms with van der Waals surface area (Å²) in [6.07, 6.45) is 3.83. The van der Waals surface area contributed by atoms with Crippen molar-refractivity contribution >= 4 is 11.8 Å². The summed E-state index contributed by atoms with van der Waals surface area (Å²) in [5.74, 6) is 0.438. The van der Waals surface area contributed by atoms with Crippen molar-refractivity contribution in [2.24, 2.45) is 0 Å². The minimum Gasteiger partial charge on any atom is -0.457 e. The average molecular weight is 406 g/mol. The first-order chi connectivity index (χ1) is 14.4. The van der Waals surface area contributed by atoms with E-state index in [1.807, 2.05) is 55.7 Å². The van der Waals surface area contributed by atoms with Gasteiger partial charge in [0.2, 0.25) is 5.78 Å². The number of ether oxygens (including phenoxy) is 1. The fourth-order valence-electron chi connectivity index (χ4n) is 3.28. The fourth-order valence-corrected chi connectivity index (χ4v) is 3.28. The van der Waals surface area contributed by atoms with Gasteiger partial charge in [0, 0.05) is 35.5 Å². The van der Waals surface area contributed by atoms with Gasteiger partial charge in [-0.05, 0) is 26.8 Å². The molecule has 156 valence electrons. The Morgan fingerprint density at radius 2 is 1.93 bits per heavy atom. The number of oxazole rings is 1. The zero-order valence-electron chi connectivity index (χ0n) is 17.6. The van der Waals surface area contributed by atoms with E-state index in [0.717, 1.165) is 17.0 Å². The quantitative estimate of drug-likeness (QED) is 0.295. The fraction of sp³-hybridized carbons (Fsp3) is 0.292. The van der Waals surface area contributed by atoms with Gasteiger partial charge >= 0.3 is 5.97 Å². The average Bonchev–Trinajstić information content (AvgIpc) is 3.31. The maximum Gasteiger partial charge on any atom is 0.306 e. The number of aromatic nitrogens is 2. The van der Waals surface area contributed by atoms with E-state index in [-0.39, 0.29) is 18.8 Å². The van der Waals surface area contributed by atoms with Gasteiger partial charge in [-0.3, -0.25) is 9.59 Å². The van der Waals surface area contributed by atoms with Gasteiger partial charge in [0.05, 0.1) is 12.6 Å². The van der Waals surface area contributed by atoms with Gasteiger partial charge in [0.1, 0.15) is 0 Å². The molecule has 0 N–H and O–H groups in total. The van der Waals surface area contributed by atoms with Gasteiger partial charge in [0.25, 0.3) is 0 Å². The Hall–Kier alpha value is -3.41. The number of Topliss-reactive ketones (excluding diaryl/α,β-unsaturated/α-hetero) is 1. The summed E-state index contributed by atoms with van der Waals surface area (Å²) in [5, 5.41) is 0. The highest BCUT2D eigenvalue weighted by Gasteiger charge is 2.17. The highest BCUT2D eigenvalue weighted by atomic mass is 16.5. The Morgan fingerprint density at radius 1 is 1.20 bits per heavy atom. The number of carbonyl (C=O) groups is 2. The lowest BCUT2D eigenvalue weighted by Crippen LogP contribution is -2.15. The smallest absolute Gasteiger partial charge is 0.306 e. The van der Waals surface area contributed by atoms with E-state index in [4.69, 9.17) is 9.15 Å². The summed E-state index contributed by atoms with van der Waals surface area (Å²) in [5.41, 5.74) is 4.48. The van der Waals surface area contributed by atoms with Crippen molar-refractivity contribution in [3.8, 4) is 11.3 Å². The monoisotopic (exact) mass is 406 g/mol. The SMILES string of the molecule is C=CCn1c(C)cc(C(=O)COC(=O)CCc2ncc(-c3ccc(C)cc3)o2)c1C. The number of allylic oxidation sites excluding steroid dienone is 1. The number of benzene rings is 1. The molecule has 6 heteroatoms. The predicted octanol–water partition coefficient (Wildman–Crippen LogP) is 4.61. The molecule has 0 aliphatic rings. The lowest BCUT2D eigenvalue weighted by atomic mass is 10.1. The molecule has 0 atom stereocenters. The zero-order valence-corrected chi connectivity index (χ0v) is 17.6. The molecule has 2 heterocycles. The third-order valence-corrected chi connectivity index (χ3v) is 4.98. The van der Waals surface area contributed by atoms with Crippen molar-refractivity contribution < 1.29 is 18.7 Å². The van der Waals surface area contributed by atoms with Crippen molar-refractivity contribution in [1.82, 2.24) is 9.55 Å². The standard InChI is InChI=1S/C24H26N2O4/c1-5-12-26-17(3)13-20(18(26)4)21(27)15-29-24(28)11-10-23-25-14-22(30-23)19-8-6-16(2)7-9-19/h5-9,13-14H,1,10-12,15H2,2-4H3. The minimum absolute atomic E-state index is 0.0939.